The molecule has 0 unspecified atom stereocenters. The number of urea groups is 1. The number of aromatic nitrogens is 2. The third kappa shape index (κ3) is 5.96. The number of nitrogens with one attached hydrogen (secondary N) is 3. The van der Waals surface area contributed by atoms with Crippen molar-refractivity contribution in [2.75, 3.05) is 24.3 Å². The predicted molar refractivity (Wildman–Crippen MR) is 149 cm³/mol. The minimum atomic E-state index is -0.494. The van der Waals surface area contributed by atoms with Crippen molar-refractivity contribution in [3.05, 3.63) is 66.2 Å². The van der Waals surface area contributed by atoms with Crippen LogP contribution < -0.4 is 20.9 Å². The number of anilines is 2. The number of benzene rings is 2. The van der Waals surface area contributed by atoms with Gasteiger partial charge >= 0.3 is 6.03 Å². The summed E-state index contributed by atoms with van der Waals surface area (Å²) in [6.07, 6.45) is 3.71. The molecule has 0 bridgehead atoms. The highest BCUT2D eigenvalue weighted by atomic mass is 16.2. The van der Waals surface area contributed by atoms with Gasteiger partial charge in [0.2, 0.25) is 5.95 Å². The highest BCUT2D eigenvalue weighted by Crippen LogP contribution is 2.27. The van der Waals surface area contributed by atoms with Crippen LogP contribution in [0.5, 0.6) is 0 Å². The molecule has 0 saturated heterocycles. The summed E-state index contributed by atoms with van der Waals surface area (Å²) < 4.78 is 0. The van der Waals surface area contributed by atoms with E-state index >= 15 is 0 Å². The van der Waals surface area contributed by atoms with Crippen molar-refractivity contribution >= 4 is 34.3 Å². The maximum absolute atomic E-state index is 12.8. The molecule has 1 fully saturated rings. The van der Waals surface area contributed by atoms with Crippen molar-refractivity contribution in [1.82, 2.24) is 20.6 Å². The van der Waals surface area contributed by atoms with Gasteiger partial charge in [0, 0.05) is 31.6 Å². The monoisotopic (exact) mass is 486 g/mol. The largest absolute Gasteiger partial charge is 0.362 e. The van der Waals surface area contributed by atoms with E-state index in [1.54, 1.807) is 0 Å². The van der Waals surface area contributed by atoms with Gasteiger partial charge in [-0.3, -0.25) is 0 Å². The molecule has 7 nitrogen and oxygen atoms in total. The molecular formula is C29H38N6O. The van der Waals surface area contributed by atoms with Gasteiger partial charge < -0.3 is 20.9 Å². The third-order valence-electron chi connectivity index (χ3n) is 6.91. The van der Waals surface area contributed by atoms with Crippen LogP contribution in [-0.4, -0.2) is 42.2 Å². The minimum Gasteiger partial charge on any atom is -0.362 e. The normalized spacial score (nSPS) is 17.9. The first kappa shape index (κ1) is 25.5. The summed E-state index contributed by atoms with van der Waals surface area (Å²) in [5.74, 6) is 1.57. The fourth-order valence-corrected chi connectivity index (χ4v) is 4.78. The van der Waals surface area contributed by atoms with E-state index in [0.29, 0.717) is 5.95 Å². The summed E-state index contributed by atoms with van der Waals surface area (Å²) in [6, 6.07) is 16.6. The molecule has 0 aliphatic heterocycles. The van der Waals surface area contributed by atoms with E-state index in [0.717, 1.165) is 59.1 Å². The van der Waals surface area contributed by atoms with Crippen LogP contribution in [-0.2, 0) is 5.54 Å². The van der Waals surface area contributed by atoms with Crippen LogP contribution in [0.15, 0.2) is 55.1 Å². The van der Waals surface area contributed by atoms with Crippen LogP contribution in [0.2, 0.25) is 0 Å². The average molecular weight is 487 g/mol. The van der Waals surface area contributed by atoms with Crippen molar-refractivity contribution in [1.29, 1.82) is 0 Å². The number of carbonyl (C=O) groups is 1. The Morgan fingerprint density at radius 1 is 1.00 bits per heavy atom. The topological polar surface area (TPSA) is 82.2 Å². The Kier molecular flexibility index (Phi) is 7.48. The summed E-state index contributed by atoms with van der Waals surface area (Å²) in [7, 11) is 4.00. The van der Waals surface area contributed by atoms with E-state index in [1.165, 1.54) is 0 Å². The molecule has 2 aromatic carbocycles. The van der Waals surface area contributed by atoms with Gasteiger partial charge in [0.25, 0.3) is 0 Å². The van der Waals surface area contributed by atoms with Crippen molar-refractivity contribution < 1.29 is 4.79 Å². The zero-order chi connectivity index (χ0) is 25.9. The third-order valence-corrected chi connectivity index (χ3v) is 6.91. The Bertz CT molecular complexity index is 1240. The Hall–Kier alpha value is -3.61. The second-order valence-electron chi connectivity index (χ2n) is 10.6. The number of fused-ring (bicyclic) bond motifs is 1. The number of carbonyl (C=O) groups excluding carboxylic acids is 1. The molecule has 190 valence electrons. The van der Waals surface area contributed by atoms with E-state index < -0.39 is 5.54 Å². The van der Waals surface area contributed by atoms with E-state index in [9.17, 15) is 4.79 Å². The van der Waals surface area contributed by atoms with Crippen LogP contribution >= 0.6 is 0 Å². The molecule has 36 heavy (non-hydrogen) atoms. The molecule has 4 rings (SSSR count). The first-order chi connectivity index (χ1) is 17.1. The summed E-state index contributed by atoms with van der Waals surface area (Å²) in [5, 5.41) is 10.9. The Morgan fingerprint density at radius 3 is 2.39 bits per heavy atom. The molecule has 3 N–H and O–H groups in total. The maximum Gasteiger partial charge on any atom is 0.315 e. The molecule has 1 heterocycles. The average Bonchev–Trinajstić information content (AvgIpc) is 2.84. The van der Waals surface area contributed by atoms with Crippen molar-refractivity contribution in [2.45, 2.75) is 64.1 Å². The summed E-state index contributed by atoms with van der Waals surface area (Å²) in [5.41, 5.74) is 3.59. The quantitative estimate of drug-likeness (QED) is 0.400. The summed E-state index contributed by atoms with van der Waals surface area (Å²) >= 11 is 0. The molecule has 7 heteroatoms. The Labute approximate surface area is 214 Å². The number of allylic oxidation sites excluding steroid dienone is 1. The van der Waals surface area contributed by atoms with E-state index in [2.05, 4.69) is 34.7 Å². The van der Waals surface area contributed by atoms with Crippen molar-refractivity contribution in [2.24, 2.45) is 0 Å². The van der Waals surface area contributed by atoms with Crippen molar-refractivity contribution in [3.63, 3.8) is 0 Å². The molecule has 3 aromatic rings. The molecular weight excluding hydrogens is 448 g/mol. The van der Waals surface area contributed by atoms with Gasteiger partial charge in [0.05, 0.1) is 11.1 Å². The lowest BCUT2D eigenvalue weighted by molar-refractivity contribution is 0.221. The van der Waals surface area contributed by atoms with Crippen LogP contribution in [0.1, 0.15) is 57.6 Å². The van der Waals surface area contributed by atoms with Crippen LogP contribution in [0.4, 0.5) is 16.6 Å². The SMILES string of the molecule is C=C(C)c1cccc(C(C)(C)NC(=O)NC2CCC(Nc3nc(N(C)C)c4ccccc4n3)CC2)c1. The lowest BCUT2D eigenvalue weighted by Gasteiger charge is -2.32. The smallest absolute Gasteiger partial charge is 0.315 e. The van der Waals surface area contributed by atoms with Crippen LogP contribution in [0.3, 0.4) is 0 Å². The van der Waals surface area contributed by atoms with Gasteiger partial charge in [-0.1, -0.05) is 42.5 Å². The second kappa shape index (κ2) is 10.6. The lowest BCUT2D eigenvalue weighted by Crippen LogP contribution is -2.50. The van der Waals surface area contributed by atoms with E-state index in [4.69, 9.17) is 9.97 Å². The standard InChI is InChI=1S/C29H38N6O/c1-19(2)20-10-9-11-21(18-20)29(3,4)34-28(36)31-23-16-14-22(15-17-23)30-27-32-25-13-8-7-12-24(25)26(33-27)35(5)6/h7-13,18,22-23H,1,14-17H2,2-6H3,(H,30,32,33)(H2,31,34,36). The first-order valence-corrected chi connectivity index (χ1v) is 12.7. The summed E-state index contributed by atoms with van der Waals surface area (Å²) in [4.78, 5) is 24.4. The van der Waals surface area contributed by atoms with Gasteiger partial charge in [-0.15, -0.1) is 0 Å². The molecule has 1 aliphatic carbocycles. The van der Waals surface area contributed by atoms with E-state index in [-0.39, 0.29) is 18.1 Å². The molecule has 0 radical (unpaired) electrons. The number of hydrogen-bond donors (Lipinski definition) is 3. The first-order valence-electron chi connectivity index (χ1n) is 12.7. The van der Waals surface area contributed by atoms with Gasteiger partial charge in [-0.25, -0.2) is 9.78 Å². The van der Waals surface area contributed by atoms with Gasteiger partial charge in [-0.05, 0) is 75.8 Å². The Balaban J connectivity index is 1.32. The zero-order valence-corrected chi connectivity index (χ0v) is 22.1. The predicted octanol–water partition coefficient (Wildman–Crippen LogP) is 5.69. The van der Waals surface area contributed by atoms with Gasteiger partial charge in [0.15, 0.2) is 0 Å². The maximum atomic E-state index is 12.8. The second-order valence-corrected chi connectivity index (χ2v) is 10.6. The Morgan fingerprint density at radius 2 is 1.69 bits per heavy atom. The number of amides is 2. The zero-order valence-electron chi connectivity index (χ0n) is 22.1. The molecule has 1 aliphatic rings. The molecule has 2 amide bonds. The lowest BCUT2D eigenvalue weighted by atomic mass is 9.90. The number of hydrogen-bond acceptors (Lipinski definition) is 5. The van der Waals surface area contributed by atoms with Crippen LogP contribution in [0.25, 0.3) is 16.5 Å². The fraction of sp³-hybridized carbons (Fsp3) is 0.414. The van der Waals surface area contributed by atoms with Crippen molar-refractivity contribution in [3.8, 4) is 0 Å². The molecule has 0 atom stereocenters. The van der Waals surface area contributed by atoms with Gasteiger partial charge in [0.1, 0.15) is 5.82 Å². The molecule has 0 spiro atoms. The number of nitrogens with zero attached hydrogens (tertiary/aromatic N) is 3. The highest BCUT2D eigenvalue weighted by molar-refractivity contribution is 5.90. The summed E-state index contributed by atoms with van der Waals surface area (Å²) in [6.45, 7) is 10.1. The number of para-hydroxylation sites is 1. The fourth-order valence-electron chi connectivity index (χ4n) is 4.78. The van der Waals surface area contributed by atoms with Crippen LogP contribution in [0, 0.1) is 0 Å². The number of rotatable bonds is 7. The molecule has 1 aromatic heterocycles. The minimum absolute atomic E-state index is 0.134. The molecule has 1 saturated carbocycles. The highest BCUT2D eigenvalue weighted by Gasteiger charge is 2.27. The van der Waals surface area contributed by atoms with E-state index in [1.807, 2.05) is 76.2 Å². The van der Waals surface area contributed by atoms with Gasteiger partial charge in [-0.2, -0.15) is 4.98 Å².